The summed E-state index contributed by atoms with van der Waals surface area (Å²) in [5, 5.41) is 13.1. The summed E-state index contributed by atoms with van der Waals surface area (Å²) in [6.45, 7) is 4.68. The van der Waals surface area contributed by atoms with Crippen LogP contribution in [0.2, 0.25) is 0 Å². The van der Waals surface area contributed by atoms with Gasteiger partial charge in [0.1, 0.15) is 0 Å². The van der Waals surface area contributed by atoms with Crippen LogP contribution in [0.5, 0.6) is 0 Å². The Bertz CT molecular complexity index is 587. The number of rotatable bonds is 5. The van der Waals surface area contributed by atoms with Crippen molar-refractivity contribution in [2.24, 2.45) is 11.8 Å². The number of hydrogen-bond acceptors (Lipinski definition) is 3. The predicted molar refractivity (Wildman–Crippen MR) is 78.3 cm³/mol. The number of carboxylic acid groups (broad SMARTS) is 1. The van der Waals surface area contributed by atoms with Crippen molar-refractivity contribution in [1.82, 2.24) is 14.7 Å². The van der Waals surface area contributed by atoms with Crippen LogP contribution in [0.3, 0.4) is 0 Å². The fourth-order valence-corrected chi connectivity index (χ4v) is 2.74. The average Bonchev–Trinajstić information content (AvgIpc) is 2.89. The Labute approximate surface area is 133 Å². The number of hydrogen-bond donors (Lipinski definition) is 1. The van der Waals surface area contributed by atoms with E-state index in [2.05, 4.69) is 5.10 Å². The van der Waals surface area contributed by atoms with Crippen molar-refractivity contribution in [3.63, 3.8) is 0 Å². The molecule has 8 heteroatoms. The van der Waals surface area contributed by atoms with Gasteiger partial charge in [0.2, 0.25) is 0 Å². The third-order valence-electron chi connectivity index (χ3n) is 3.84. The number of piperidine rings is 1. The number of likely N-dealkylation sites (tertiary alicyclic amines) is 1. The van der Waals surface area contributed by atoms with Gasteiger partial charge in [-0.3, -0.25) is 14.3 Å². The van der Waals surface area contributed by atoms with Crippen molar-refractivity contribution in [2.75, 3.05) is 13.1 Å². The Balaban J connectivity index is 2.23. The minimum Gasteiger partial charge on any atom is -0.481 e. The standard InChI is InChI=1S/C15H21F2N3O3/c1-9(2)6-20-8-11(13(16)17)12(18-20)14(21)19-5-3-4-10(7-19)15(22)23/h8-10,13H,3-7H2,1-2H3,(H,22,23)/t10-/m0/s1. The van der Waals surface area contributed by atoms with Crippen LogP contribution in [0.4, 0.5) is 8.78 Å². The number of halogens is 2. The van der Waals surface area contributed by atoms with Crippen molar-refractivity contribution >= 4 is 11.9 Å². The number of alkyl halides is 2. The highest BCUT2D eigenvalue weighted by molar-refractivity contribution is 5.94. The van der Waals surface area contributed by atoms with Gasteiger partial charge >= 0.3 is 5.97 Å². The molecule has 1 saturated heterocycles. The first-order valence-corrected chi connectivity index (χ1v) is 7.67. The normalized spacial score (nSPS) is 18.7. The molecule has 1 fully saturated rings. The Morgan fingerprint density at radius 1 is 1.43 bits per heavy atom. The van der Waals surface area contributed by atoms with Gasteiger partial charge in [0, 0.05) is 25.8 Å². The maximum Gasteiger partial charge on any atom is 0.308 e. The molecule has 0 bridgehead atoms. The van der Waals surface area contributed by atoms with E-state index in [1.54, 1.807) is 0 Å². The number of nitrogens with zero attached hydrogens (tertiary/aromatic N) is 3. The molecule has 1 amide bonds. The van der Waals surface area contributed by atoms with Gasteiger partial charge in [0.05, 0.1) is 11.5 Å². The number of amides is 1. The summed E-state index contributed by atoms with van der Waals surface area (Å²) in [6, 6.07) is 0. The molecule has 1 atom stereocenters. The topological polar surface area (TPSA) is 75.4 Å². The Morgan fingerprint density at radius 2 is 2.13 bits per heavy atom. The largest absolute Gasteiger partial charge is 0.481 e. The van der Waals surface area contributed by atoms with E-state index in [0.717, 1.165) is 0 Å². The molecule has 2 rings (SSSR count). The lowest BCUT2D eigenvalue weighted by atomic mass is 9.98. The SMILES string of the molecule is CC(C)Cn1cc(C(F)F)c(C(=O)N2CCC[C@H](C(=O)O)C2)n1. The first-order valence-electron chi connectivity index (χ1n) is 7.67. The minimum absolute atomic E-state index is 0.0356. The molecule has 6 nitrogen and oxygen atoms in total. The molecule has 128 valence electrons. The van der Waals surface area contributed by atoms with Crippen LogP contribution in [-0.2, 0) is 11.3 Å². The van der Waals surface area contributed by atoms with E-state index < -0.39 is 29.8 Å². The third kappa shape index (κ3) is 4.05. The molecule has 1 aromatic rings. The van der Waals surface area contributed by atoms with Crippen LogP contribution in [0, 0.1) is 11.8 Å². The smallest absolute Gasteiger partial charge is 0.308 e. The molecule has 1 N–H and O–H groups in total. The Hall–Kier alpha value is -1.99. The second kappa shape index (κ2) is 7.06. The summed E-state index contributed by atoms with van der Waals surface area (Å²) in [6.07, 6.45) is -0.562. The zero-order chi connectivity index (χ0) is 17.1. The van der Waals surface area contributed by atoms with Gasteiger partial charge in [-0.2, -0.15) is 5.10 Å². The molecule has 0 aromatic carbocycles. The van der Waals surface area contributed by atoms with E-state index in [1.807, 2.05) is 13.8 Å². The number of carbonyl (C=O) groups excluding carboxylic acids is 1. The molecule has 0 saturated carbocycles. The lowest BCUT2D eigenvalue weighted by Crippen LogP contribution is -2.42. The highest BCUT2D eigenvalue weighted by Gasteiger charge is 2.32. The van der Waals surface area contributed by atoms with Gasteiger partial charge in [-0.15, -0.1) is 0 Å². The van der Waals surface area contributed by atoms with Gasteiger partial charge in [0.25, 0.3) is 12.3 Å². The van der Waals surface area contributed by atoms with E-state index in [1.165, 1.54) is 15.8 Å². The lowest BCUT2D eigenvalue weighted by Gasteiger charge is -2.30. The van der Waals surface area contributed by atoms with Crippen LogP contribution in [0.25, 0.3) is 0 Å². The van der Waals surface area contributed by atoms with Crippen molar-refractivity contribution < 1.29 is 23.5 Å². The van der Waals surface area contributed by atoms with Crippen LogP contribution >= 0.6 is 0 Å². The number of aromatic nitrogens is 2. The molecule has 1 aliphatic rings. The second-order valence-corrected chi connectivity index (χ2v) is 6.28. The third-order valence-corrected chi connectivity index (χ3v) is 3.84. The van der Waals surface area contributed by atoms with Crippen LogP contribution in [0.15, 0.2) is 6.20 Å². The maximum atomic E-state index is 13.2. The van der Waals surface area contributed by atoms with E-state index in [-0.39, 0.29) is 18.2 Å². The molecule has 1 aliphatic heterocycles. The molecule has 23 heavy (non-hydrogen) atoms. The summed E-state index contributed by atoms with van der Waals surface area (Å²) in [7, 11) is 0. The summed E-state index contributed by atoms with van der Waals surface area (Å²) in [5.74, 6) is -2.04. The van der Waals surface area contributed by atoms with Crippen molar-refractivity contribution in [2.45, 2.75) is 39.7 Å². The quantitative estimate of drug-likeness (QED) is 0.900. The highest BCUT2D eigenvalue weighted by atomic mass is 19.3. The van der Waals surface area contributed by atoms with Gasteiger partial charge in [-0.1, -0.05) is 13.8 Å². The van der Waals surface area contributed by atoms with Crippen LogP contribution < -0.4 is 0 Å². The van der Waals surface area contributed by atoms with Gasteiger partial charge < -0.3 is 10.0 Å². The first kappa shape index (κ1) is 17.4. The number of aliphatic carboxylic acids is 1. The molecule has 0 spiro atoms. The Morgan fingerprint density at radius 3 is 2.70 bits per heavy atom. The van der Waals surface area contributed by atoms with E-state index >= 15 is 0 Å². The van der Waals surface area contributed by atoms with Crippen molar-refractivity contribution in [1.29, 1.82) is 0 Å². The van der Waals surface area contributed by atoms with Crippen molar-refractivity contribution in [3.05, 3.63) is 17.5 Å². The second-order valence-electron chi connectivity index (χ2n) is 6.28. The molecule has 2 heterocycles. The predicted octanol–water partition coefficient (Wildman–Crippen LogP) is 2.41. The average molecular weight is 329 g/mol. The summed E-state index contributed by atoms with van der Waals surface area (Å²) in [4.78, 5) is 24.9. The zero-order valence-electron chi connectivity index (χ0n) is 13.2. The lowest BCUT2D eigenvalue weighted by molar-refractivity contribution is -0.143. The minimum atomic E-state index is -2.80. The summed E-state index contributed by atoms with van der Waals surface area (Å²) >= 11 is 0. The summed E-state index contributed by atoms with van der Waals surface area (Å²) < 4.78 is 27.7. The molecule has 0 unspecified atom stereocenters. The van der Waals surface area contributed by atoms with Crippen LogP contribution in [-0.4, -0.2) is 44.8 Å². The molecule has 1 aromatic heterocycles. The fraction of sp³-hybridized carbons (Fsp3) is 0.667. The molecular formula is C15H21F2N3O3. The highest BCUT2D eigenvalue weighted by Crippen LogP contribution is 2.25. The van der Waals surface area contributed by atoms with Gasteiger partial charge in [0.15, 0.2) is 5.69 Å². The number of carboxylic acids is 1. The van der Waals surface area contributed by atoms with E-state index in [9.17, 15) is 18.4 Å². The fourth-order valence-electron chi connectivity index (χ4n) is 2.74. The maximum absolute atomic E-state index is 13.2. The van der Waals surface area contributed by atoms with Crippen LogP contribution in [0.1, 0.15) is 49.2 Å². The van der Waals surface area contributed by atoms with E-state index in [0.29, 0.717) is 25.9 Å². The van der Waals surface area contributed by atoms with E-state index in [4.69, 9.17) is 5.11 Å². The first-order chi connectivity index (χ1) is 10.8. The molecule has 0 radical (unpaired) electrons. The monoisotopic (exact) mass is 329 g/mol. The zero-order valence-corrected chi connectivity index (χ0v) is 13.2. The number of carbonyl (C=O) groups is 2. The van der Waals surface area contributed by atoms with Crippen molar-refractivity contribution in [3.8, 4) is 0 Å². The van der Waals surface area contributed by atoms with Gasteiger partial charge in [-0.25, -0.2) is 8.78 Å². The van der Waals surface area contributed by atoms with Gasteiger partial charge in [-0.05, 0) is 18.8 Å². The Kier molecular flexibility index (Phi) is 5.33. The molecular weight excluding hydrogens is 308 g/mol. The summed E-state index contributed by atoms with van der Waals surface area (Å²) in [5.41, 5.74) is -0.667. The molecule has 0 aliphatic carbocycles.